The smallest absolute Gasteiger partial charge is 0.345 e. The Morgan fingerprint density at radius 3 is 2.67 bits per heavy atom. The molecule has 1 aromatic rings. The number of ether oxygens (including phenoxy) is 2. The van der Waals surface area contributed by atoms with Gasteiger partial charge in [-0.25, -0.2) is 4.79 Å². The summed E-state index contributed by atoms with van der Waals surface area (Å²) in [6.07, 6.45) is 16.7. The Bertz CT molecular complexity index is 989. The second-order valence-electron chi connectivity index (χ2n) is 10.4. The van der Waals surface area contributed by atoms with Crippen LogP contribution in [0, 0.1) is 41.4 Å². The first-order chi connectivity index (χ1) is 16.0. The van der Waals surface area contributed by atoms with Crippen molar-refractivity contribution < 1.29 is 19.1 Å². The lowest BCUT2D eigenvalue weighted by atomic mass is 9.49. The van der Waals surface area contributed by atoms with E-state index in [1.165, 1.54) is 5.57 Å². The maximum atomic E-state index is 12.9. The molecule has 4 nitrogen and oxygen atoms in total. The average Bonchev–Trinajstić information content (AvgIpc) is 3.17. The number of hydrogen-bond acceptors (Lipinski definition) is 4. The number of benzene rings is 1. The molecule has 0 amide bonds. The van der Waals surface area contributed by atoms with Crippen molar-refractivity contribution in [3.8, 4) is 18.1 Å². The number of terminal acetylenes is 1. The Balaban J connectivity index is 1.35. The van der Waals surface area contributed by atoms with Crippen LogP contribution in [0.5, 0.6) is 5.75 Å². The van der Waals surface area contributed by atoms with Gasteiger partial charge in [0.2, 0.25) is 0 Å². The zero-order valence-electron chi connectivity index (χ0n) is 19.6. The lowest BCUT2D eigenvalue weighted by molar-refractivity contribution is -0.175. The molecule has 0 spiro atoms. The Morgan fingerprint density at radius 2 is 1.91 bits per heavy atom. The fraction of sp³-hybridized carbons (Fsp3) is 0.586. The van der Waals surface area contributed by atoms with Crippen molar-refractivity contribution in [2.45, 2.75) is 70.3 Å². The number of esters is 1. The van der Waals surface area contributed by atoms with Crippen LogP contribution in [-0.2, 0) is 14.3 Å². The summed E-state index contributed by atoms with van der Waals surface area (Å²) in [4.78, 5) is 24.9. The number of carbonyl (C=O) groups excluding carboxylic acids is 2. The summed E-state index contributed by atoms with van der Waals surface area (Å²) in [7, 11) is 0. The molecule has 174 valence electrons. The van der Waals surface area contributed by atoms with Crippen molar-refractivity contribution in [2.24, 2.45) is 29.1 Å². The van der Waals surface area contributed by atoms with E-state index < -0.39 is 5.60 Å². The second-order valence-corrected chi connectivity index (χ2v) is 10.4. The summed E-state index contributed by atoms with van der Waals surface area (Å²) in [5.74, 6) is 5.83. The first kappa shape index (κ1) is 22.3. The number of rotatable bonds is 5. The molecular weight excluding hydrogens is 412 g/mol. The van der Waals surface area contributed by atoms with Gasteiger partial charge in [-0.05, 0) is 93.2 Å². The number of allylic oxidation sites excluding steroid dienone is 1. The van der Waals surface area contributed by atoms with E-state index in [1.807, 2.05) is 36.4 Å². The maximum absolute atomic E-state index is 12.9. The topological polar surface area (TPSA) is 52.6 Å². The molecule has 3 fully saturated rings. The molecule has 5 unspecified atom stereocenters. The lowest BCUT2D eigenvalue weighted by Gasteiger charge is -2.56. The van der Waals surface area contributed by atoms with Gasteiger partial charge >= 0.3 is 5.97 Å². The molecule has 5 rings (SSSR count). The van der Waals surface area contributed by atoms with Crippen molar-refractivity contribution >= 4 is 11.8 Å². The molecule has 0 saturated heterocycles. The predicted octanol–water partition coefficient (Wildman–Crippen LogP) is 5.51. The van der Waals surface area contributed by atoms with Crippen molar-refractivity contribution in [1.82, 2.24) is 0 Å². The minimum Gasteiger partial charge on any atom is -0.482 e. The van der Waals surface area contributed by atoms with Gasteiger partial charge in [0.1, 0.15) is 5.75 Å². The molecule has 0 heterocycles. The van der Waals surface area contributed by atoms with Gasteiger partial charge in [0.15, 0.2) is 18.0 Å². The van der Waals surface area contributed by atoms with E-state index in [-0.39, 0.29) is 18.0 Å². The zero-order chi connectivity index (χ0) is 23.1. The van der Waals surface area contributed by atoms with E-state index in [4.69, 9.17) is 15.9 Å². The van der Waals surface area contributed by atoms with Crippen LogP contribution in [0.25, 0.3) is 0 Å². The van der Waals surface area contributed by atoms with E-state index >= 15 is 0 Å². The minimum atomic E-state index is -0.854. The number of carbonyl (C=O) groups is 2. The summed E-state index contributed by atoms with van der Waals surface area (Å²) in [6.45, 7) is 2.08. The molecule has 0 aliphatic heterocycles. The SMILES string of the molecule is C#C[C@]1(OC(=O)COc2ccccc2)CCC2C3CCC4=CC(=O)CCC4C3CCC21CC. The highest BCUT2D eigenvalue weighted by Gasteiger charge is 2.65. The highest BCUT2D eigenvalue weighted by atomic mass is 16.6. The Labute approximate surface area is 197 Å². The molecule has 1 aromatic carbocycles. The third-order valence-electron chi connectivity index (χ3n) is 9.37. The van der Waals surface area contributed by atoms with Gasteiger partial charge < -0.3 is 9.47 Å². The number of para-hydroxylation sites is 1. The largest absolute Gasteiger partial charge is 0.482 e. The summed E-state index contributed by atoms with van der Waals surface area (Å²) in [5.41, 5.74) is 0.367. The fourth-order valence-electron chi connectivity index (χ4n) is 8.00. The maximum Gasteiger partial charge on any atom is 0.345 e. The van der Waals surface area contributed by atoms with Crippen LogP contribution in [0.4, 0.5) is 0 Å². The highest BCUT2D eigenvalue weighted by Crippen LogP contribution is 2.67. The molecule has 4 aliphatic carbocycles. The molecule has 0 N–H and O–H groups in total. The van der Waals surface area contributed by atoms with Gasteiger partial charge in [-0.3, -0.25) is 4.79 Å². The third-order valence-corrected chi connectivity index (χ3v) is 9.37. The molecule has 0 radical (unpaired) electrons. The van der Waals surface area contributed by atoms with Crippen LogP contribution in [0.1, 0.15) is 64.7 Å². The molecule has 33 heavy (non-hydrogen) atoms. The van der Waals surface area contributed by atoms with Crippen LogP contribution in [-0.4, -0.2) is 24.0 Å². The van der Waals surface area contributed by atoms with Crippen LogP contribution in [0.3, 0.4) is 0 Å². The normalized spacial score (nSPS) is 37.1. The van der Waals surface area contributed by atoms with E-state index in [1.54, 1.807) is 0 Å². The predicted molar refractivity (Wildman–Crippen MR) is 126 cm³/mol. The van der Waals surface area contributed by atoms with Gasteiger partial charge in [0, 0.05) is 11.8 Å². The second kappa shape index (κ2) is 8.67. The van der Waals surface area contributed by atoms with E-state index in [9.17, 15) is 9.59 Å². The zero-order valence-corrected chi connectivity index (χ0v) is 19.6. The van der Waals surface area contributed by atoms with Crippen molar-refractivity contribution in [2.75, 3.05) is 6.61 Å². The number of fused-ring (bicyclic) bond motifs is 5. The van der Waals surface area contributed by atoms with Crippen LogP contribution in [0.2, 0.25) is 0 Å². The molecular formula is C29H34O4. The third kappa shape index (κ3) is 3.61. The standard InChI is InChI=1S/C29H34O4/c1-3-28-16-14-24-23-13-11-21(30)18-20(23)10-12-25(24)26(28)15-17-29(28,4-2)33-27(31)19-32-22-8-6-5-7-9-22/h2,5-9,18,23-26H,3,10-17,19H2,1H3/t23?,24?,25?,26?,28?,29-/m0/s1. The average molecular weight is 447 g/mol. The molecule has 4 aliphatic rings. The minimum absolute atomic E-state index is 0.131. The highest BCUT2D eigenvalue weighted by molar-refractivity contribution is 5.91. The van der Waals surface area contributed by atoms with Crippen molar-refractivity contribution in [3.63, 3.8) is 0 Å². The summed E-state index contributed by atoms with van der Waals surface area (Å²) in [5, 5.41) is 0. The quantitative estimate of drug-likeness (QED) is 0.442. The monoisotopic (exact) mass is 446 g/mol. The van der Waals surface area contributed by atoms with Gasteiger partial charge in [-0.2, -0.15) is 0 Å². The first-order valence-electron chi connectivity index (χ1n) is 12.6. The fourth-order valence-corrected chi connectivity index (χ4v) is 8.00. The summed E-state index contributed by atoms with van der Waals surface area (Å²) >= 11 is 0. The van der Waals surface area contributed by atoms with Gasteiger partial charge in [0.05, 0.1) is 0 Å². The lowest BCUT2D eigenvalue weighted by Crippen LogP contribution is -2.55. The molecule has 3 saturated carbocycles. The number of ketones is 1. The van der Waals surface area contributed by atoms with E-state index in [2.05, 4.69) is 12.8 Å². The van der Waals surface area contributed by atoms with Crippen LogP contribution >= 0.6 is 0 Å². The van der Waals surface area contributed by atoms with Gasteiger partial charge in [-0.1, -0.05) is 36.6 Å². The molecule has 4 heteroatoms. The molecule has 0 aromatic heterocycles. The number of hydrogen-bond donors (Lipinski definition) is 0. The summed E-state index contributed by atoms with van der Waals surface area (Å²) < 4.78 is 11.8. The van der Waals surface area contributed by atoms with E-state index in [0.29, 0.717) is 41.6 Å². The van der Waals surface area contributed by atoms with Crippen molar-refractivity contribution in [3.05, 3.63) is 42.0 Å². The van der Waals surface area contributed by atoms with Gasteiger partial charge in [-0.15, -0.1) is 6.42 Å². The first-order valence-corrected chi connectivity index (χ1v) is 12.6. The van der Waals surface area contributed by atoms with Gasteiger partial charge in [0.25, 0.3) is 0 Å². The summed E-state index contributed by atoms with van der Waals surface area (Å²) in [6, 6.07) is 9.32. The Morgan fingerprint density at radius 1 is 1.09 bits per heavy atom. The van der Waals surface area contributed by atoms with Crippen LogP contribution < -0.4 is 4.74 Å². The Hall–Kier alpha value is -2.54. The Kier molecular flexibility index (Phi) is 5.85. The van der Waals surface area contributed by atoms with Crippen LogP contribution in [0.15, 0.2) is 42.0 Å². The van der Waals surface area contributed by atoms with Crippen molar-refractivity contribution in [1.29, 1.82) is 0 Å². The molecule has 6 atom stereocenters. The van der Waals surface area contributed by atoms with E-state index in [0.717, 1.165) is 51.4 Å². The molecule has 0 bridgehead atoms.